The molecule has 4 aromatic rings. The predicted octanol–water partition coefficient (Wildman–Crippen LogP) is 6.34. The number of nitrogens with one attached hydrogen (secondary N) is 4. The van der Waals surface area contributed by atoms with Crippen LogP contribution in [0.15, 0.2) is 66.1 Å². The van der Waals surface area contributed by atoms with Crippen molar-refractivity contribution in [2.75, 3.05) is 19.0 Å². The molecule has 4 aliphatic rings. The number of anilines is 1. The van der Waals surface area contributed by atoms with Crippen molar-refractivity contribution < 1.29 is 37.1 Å². The molecule has 4 N–H and O–H groups in total. The average molecular weight is 884 g/mol. The summed E-state index contributed by atoms with van der Waals surface area (Å²) in [5, 5.41) is 11.4. The quantitative estimate of drug-likeness (QED) is 0.130. The SMILES string of the molecule is COc1ccc2c(O[C@@H]3C[C@H]4C(=O)N[C@]5(C(=O)NS(=O)(=O)C6CC6)C[C@H]5C=CCCCCC[C@H](NC(=O)Nc5ccccc5)C(=O)N4C3)cc(-c3nc(C(C)C)cs3)nc2c1C. The van der Waals surface area contributed by atoms with Gasteiger partial charge in [0.1, 0.15) is 45.9 Å². The minimum Gasteiger partial charge on any atom is -0.496 e. The van der Waals surface area contributed by atoms with Crippen LogP contribution < -0.4 is 30.1 Å². The number of carbonyl (C=O) groups excluding carboxylic acids is 4. The standard InChI is InChI=1S/C45H53N7O8S2/c1-26(2)35-25-61-41(48-35)34-22-38(32-19-20-37(59-4)27(3)39(32)47-34)60-30-21-36-40(53)50-45(43(55)51-62(57,58)31-17-18-31)23-28(45)13-9-6-5-7-12-16-33(42(54)52(36)24-30)49-44(56)46-29-14-10-8-11-15-29/h8-11,13-15,19-20,22,25-26,28,30-31,33,36H,5-7,12,16-18,21,23-24H2,1-4H3,(H,50,53)(H,51,55)(H2,46,49,56)/t28-,30-,33+,36+,45-/m1/s1. The summed E-state index contributed by atoms with van der Waals surface area (Å²) in [6.45, 7) is 6.05. The van der Waals surface area contributed by atoms with E-state index in [9.17, 15) is 27.6 Å². The summed E-state index contributed by atoms with van der Waals surface area (Å²) in [4.78, 5) is 68.1. The van der Waals surface area contributed by atoms with Gasteiger partial charge in [-0.2, -0.15) is 0 Å². The Kier molecular flexibility index (Phi) is 12.3. The lowest BCUT2D eigenvalue weighted by molar-refractivity contribution is -0.141. The molecular weight excluding hydrogens is 831 g/mol. The number of carbonyl (C=O) groups is 4. The Hall–Kier alpha value is -5.55. The third kappa shape index (κ3) is 9.14. The second-order valence-corrected chi connectivity index (χ2v) is 19.9. The van der Waals surface area contributed by atoms with Crippen LogP contribution in [0.2, 0.25) is 0 Å². The fourth-order valence-electron chi connectivity index (χ4n) is 8.35. The molecule has 8 rings (SSSR count). The van der Waals surface area contributed by atoms with Crippen molar-refractivity contribution in [3.8, 4) is 22.2 Å². The molecule has 4 heterocycles. The number of urea groups is 1. The van der Waals surface area contributed by atoms with Crippen LogP contribution in [-0.4, -0.2) is 89.7 Å². The van der Waals surface area contributed by atoms with Gasteiger partial charge in [0.25, 0.3) is 5.91 Å². The summed E-state index contributed by atoms with van der Waals surface area (Å²) < 4.78 is 40.7. The summed E-state index contributed by atoms with van der Waals surface area (Å²) in [7, 11) is -2.32. The van der Waals surface area contributed by atoms with Gasteiger partial charge in [0.2, 0.25) is 21.8 Å². The Morgan fingerprint density at radius 3 is 2.53 bits per heavy atom. The number of aromatic nitrogens is 2. The van der Waals surface area contributed by atoms with Gasteiger partial charge in [0, 0.05) is 40.4 Å². The lowest BCUT2D eigenvalue weighted by Gasteiger charge is -2.30. The molecule has 2 aliphatic carbocycles. The van der Waals surface area contributed by atoms with Crippen molar-refractivity contribution in [2.45, 2.75) is 113 Å². The van der Waals surface area contributed by atoms with E-state index in [0.29, 0.717) is 70.9 Å². The van der Waals surface area contributed by atoms with Crippen LogP contribution in [0.1, 0.15) is 88.8 Å². The number of nitrogens with zero attached hydrogens (tertiary/aromatic N) is 3. The first-order valence-electron chi connectivity index (χ1n) is 21.3. The van der Waals surface area contributed by atoms with E-state index in [2.05, 4.69) is 34.5 Å². The van der Waals surface area contributed by atoms with Crippen LogP contribution in [0, 0.1) is 12.8 Å². The predicted molar refractivity (Wildman–Crippen MR) is 236 cm³/mol. The zero-order chi connectivity index (χ0) is 43.8. The molecule has 2 aromatic carbocycles. The number of aryl methyl sites for hydroxylation is 1. The Bertz CT molecular complexity index is 2510. The van der Waals surface area contributed by atoms with Crippen molar-refractivity contribution in [3.05, 3.63) is 77.3 Å². The number of benzene rings is 2. The van der Waals surface area contributed by atoms with Gasteiger partial charge in [-0.1, -0.05) is 57.0 Å². The minimum atomic E-state index is -3.92. The highest BCUT2D eigenvalue weighted by Crippen LogP contribution is 2.46. The van der Waals surface area contributed by atoms with Crippen molar-refractivity contribution >= 4 is 61.7 Å². The smallest absolute Gasteiger partial charge is 0.319 e. The van der Waals surface area contributed by atoms with Crippen LogP contribution >= 0.6 is 11.3 Å². The molecular formula is C45H53N7O8S2. The highest BCUT2D eigenvalue weighted by Gasteiger charge is 2.62. The van der Waals surface area contributed by atoms with E-state index in [0.717, 1.165) is 24.1 Å². The lowest BCUT2D eigenvalue weighted by Crippen LogP contribution is -2.58. The first kappa shape index (κ1) is 43.1. The molecule has 2 aliphatic heterocycles. The van der Waals surface area contributed by atoms with E-state index in [1.165, 1.54) is 16.2 Å². The summed E-state index contributed by atoms with van der Waals surface area (Å²) >= 11 is 1.48. The van der Waals surface area contributed by atoms with Crippen molar-refractivity contribution in [3.63, 3.8) is 0 Å². The number of para-hydroxylation sites is 1. The maximum atomic E-state index is 14.8. The lowest BCUT2D eigenvalue weighted by atomic mass is 10.0. The molecule has 2 saturated carbocycles. The molecule has 328 valence electrons. The maximum Gasteiger partial charge on any atom is 0.319 e. The fourth-order valence-corrected chi connectivity index (χ4v) is 10.7. The van der Waals surface area contributed by atoms with Gasteiger partial charge in [-0.3, -0.25) is 19.1 Å². The van der Waals surface area contributed by atoms with Crippen LogP contribution in [0.25, 0.3) is 21.6 Å². The van der Waals surface area contributed by atoms with Gasteiger partial charge < -0.3 is 30.3 Å². The number of ether oxygens (including phenoxy) is 2. The number of pyridine rings is 1. The largest absolute Gasteiger partial charge is 0.496 e. The molecule has 17 heteroatoms. The highest BCUT2D eigenvalue weighted by atomic mass is 32.2. The first-order valence-corrected chi connectivity index (χ1v) is 23.8. The van der Waals surface area contributed by atoms with Crippen molar-refractivity contribution in [2.24, 2.45) is 5.92 Å². The number of fused-ring (bicyclic) bond motifs is 3. The van der Waals surface area contributed by atoms with Gasteiger partial charge in [-0.25, -0.2) is 23.2 Å². The van der Waals surface area contributed by atoms with Gasteiger partial charge in [-0.15, -0.1) is 11.3 Å². The van der Waals surface area contributed by atoms with Crippen molar-refractivity contribution in [1.82, 2.24) is 30.2 Å². The Morgan fingerprint density at radius 2 is 1.81 bits per heavy atom. The molecule has 2 aromatic heterocycles. The summed E-state index contributed by atoms with van der Waals surface area (Å²) in [6, 6.07) is 11.7. The number of methoxy groups -OCH3 is 1. The minimum absolute atomic E-state index is 0.0168. The molecule has 1 saturated heterocycles. The molecule has 5 amide bonds. The third-order valence-corrected chi connectivity index (χ3v) is 14.9. The zero-order valence-corrected chi connectivity index (χ0v) is 36.9. The molecule has 0 unspecified atom stereocenters. The number of thiazole rings is 1. The molecule has 0 spiro atoms. The third-order valence-electron chi connectivity index (χ3n) is 12.2. The second kappa shape index (κ2) is 17.7. The number of rotatable bonds is 10. The monoisotopic (exact) mass is 883 g/mol. The first-order chi connectivity index (χ1) is 29.8. The molecule has 62 heavy (non-hydrogen) atoms. The topological polar surface area (TPSA) is 198 Å². The van der Waals surface area contributed by atoms with E-state index in [1.807, 2.05) is 48.7 Å². The van der Waals surface area contributed by atoms with E-state index in [1.54, 1.807) is 31.4 Å². The Morgan fingerprint density at radius 1 is 1.02 bits per heavy atom. The summed E-state index contributed by atoms with van der Waals surface area (Å²) in [6.07, 6.45) is 7.48. The maximum absolute atomic E-state index is 14.8. The number of hydrogen-bond donors (Lipinski definition) is 4. The number of amides is 5. The molecule has 0 bridgehead atoms. The molecule has 5 atom stereocenters. The molecule has 3 fully saturated rings. The van der Waals surface area contributed by atoms with Crippen LogP contribution in [0.3, 0.4) is 0 Å². The van der Waals surface area contributed by atoms with E-state index in [4.69, 9.17) is 19.4 Å². The number of sulfonamides is 1. The normalized spacial score (nSPS) is 24.3. The highest BCUT2D eigenvalue weighted by molar-refractivity contribution is 7.91. The van der Waals surface area contributed by atoms with Gasteiger partial charge in [-0.05, 0) is 75.6 Å². The average Bonchev–Trinajstić information content (AvgIpc) is 4.12. The number of hydrogen-bond acceptors (Lipinski definition) is 11. The zero-order valence-electron chi connectivity index (χ0n) is 35.3. The van der Waals surface area contributed by atoms with E-state index >= 15 is 0 Å². The number of allylic oxidation sites excluding steroid dienone is 1. The Labute approximate surface area is 365 Å². The van der Waals surface area contributed by atoms with Crippen LogP contribution in [-0.2, 0) is 24.4 Å². The van der Waals surface area contributed by atoms with Gasteiger partial charge >= 0.3 is 6.03 Å². The van der Waals surface area contributed by atoms with E-state index < -0.39 is 68.7 Å². The van der Waals surface area contributed by atoms with Crippen molar-refractivity contribution in [1.29, 1.82) is 0 Å². The van der Waals surface area contributed by atoms with Gasteiger partial charge in [0.15, 0.2) is 0 Å². The van der Waals surface area contributed by atoms with Gasteiger partial charge in [0.05, 0.1) is 30.1 Å². The summed E-state index contributed by atoms with van der Waals surface area (Å²) in [5.74, 6) is -0.988. The molecule has 0 radical (unpaired) electrons. The van der Waals surface area contributed by atoms with E-state index in [-0.39, 0.29) is 25.3 Å². The van der Waals surface area contributed by atoms with Crippen LogP contribution in [0.5, 0.6) is 11.5 Å². The van der Waals surface area contributed by atoms with Crippen LogP contribution in [0.4, 0.5) is 10.5 Å². The summed E-state index contributed by atoms with van der Waals surface area (Å²) in [5.41, 5.74) is 2.01. The molecule has 15 nitrogen and oxygen atoms in total. The second-order valence-electron chi connectivity index (χ2n) is 17.0. The fraction of sp³-hybridized carbons (Fsp3) is 0.467. The Balaban J connectivity index is 1.14.